The van der Waals surface area contributed by atoms with Gasteiger partial charge in [0, 0.05) is 24.5 Å². The highest BCUT2D eigenvalue weighted by molar-refractivity contribution is 6.22. The van der Waals surface area contributed by atoms with Crippen LogP contribution >= 0.6 is 0 Å². The van der Waals surface area contributed by atoms with Crippen molar-refractivity contribution in [3.63, 3.8) is 0 Å². The lowest BCUT2D eigenvalue weighted by Crippen LogP contribution is -2.53. The zero-order chi connectivity index (χ0) is 20.6. The summed E-state index contributed by atoms with van der Waals surface area (Å²) in [5.41, 5.74) is 0.248. The molecule has 1 fully saturated rings. The van der Waals surface area contributed by atoms with Crippen LogP contribution in [0, 0.1) is 5.41 Å². The molecule has 0 aromatic heterocycles. The van der Waals surface area contributed by atoms with Crippen LogP contribution in [0.4, 0.5) is 0 Å². The summed E-state index contributed by atoms with van der Waals surface area (Å²) in [5, 5.41) is 2.94. The molecule has 0 radical (unpaired) electrons. The normalized spacial score (nSPS) is 18.9. The van der Waals surface area contributed by atoms with Crippen LogP contribution < -0.4 is 5.32 Å². The van der Waals surface area contributed by atoms with Crippen LogP contribution in [0.2, 0.25) is 0 Å². The van der Waals surface area contributed by atoms with E-state index in [4.69, 9.17) is 0 Å². The second-order valence-corrected chi connectivity index (χ2v) is 8.53. The van der Waals surface area contributed by atoms with Gasteiger partial charge in [-0.3, -0.25) is 24.1 Å². The van der Waals surface area contributed by atoms with Crippen molar-refractivity contribution in [2.45, 2.75) is 52.6 Å². The maximum absolute atomic E-state index is 12.7. The van der Waals surface area contributed by atoms with Crippen molar-refractivity contribution in [1.29, 1.82) is 0 Å². The summed E-state index contributed by atoms with van der Waals surface area (Å²) in [5.74, 6) is -1.12. The Morgan fingerprint density at radius 2 is 1.54 bits per heavy atom. The SMILES string of the molecule is CC(C(=O)NC1CCN(C(=O)C(C)(C)C)CC1)N1C(=O)c2ccccc2C1=O. The lowest BCUT2D eigenvalue weighted by Gasteiger charge is -2.36. The largest absolute Gasteiger partial charge is 0.351 e. The second-order valence-electron chi connectivity index (χ2n) is 8.53. The number of amides is 4. The van der Waals surface area contributed by atoms with Gasteiger partial charge in [-0.05, 0) is 31.9 Å². The zero-order valence-electron chi connectivity index (χ0n) is 16.8. The van der Waals surface area contributed by atoms with E-state index in [1.807, 2.05) is 25.7 Å². The first-order valence-corrected chi connectivity index (χ1v) is 9.68. The Morgan fingerprint density at radius 3 is 2.00 bits per heavy atom. The predicted molar refractivity (Wildman–Crippen MR) is 104 cm³/mol. The number of benzene rings is 1. The zero-order valence-corrected chi connectivity index (χ0v) is 16.8. The van der Waals surface area contributed by atoms with E-state index in [9.17, 15) is 19.2 Å². The van der Waals surface area contributed by atoms with Gasteiger partial charge >= 0.3 is 0 Å². The summed E-state index contributed by atoms with van der Waals surface area (Å²) in [4.78, 5) is 53.0. The number of hydrogen-bond donors (Lipinski definition) is 1. The standard InChI is InChI=1S/C21H27N3O4/c1-13(24-18(26)15-7-5-6-8-16(15)19(24)27)17(25)22-14-9-11-23(12-10-14)20(28)21(2,3)4/h5-8,13-14H,9-12H2,1-4H3,(H,22,25). The van der Waals surface area contributed by atoms with Gasteiger partial charge in [0.05, 0.1) is 11.1 Å². The number of nitrogens with zero attached hydrogens (tertiary/aromatic N) is 2. The average molecular weight is 385 g/mol. The van der Waals surface area contributed by atoms with Gasteiger partial charge < -0.3 is 10.2 Å². The molecule has 0 saturated carbocycles. The molecule has 1 atom stereocenters. The van der Waals surface area contributed by atoms with E-state index < -0.39 is 23.3 Å². The lowest BCUT2D eigenvalue weighted by molar-refractivity contribution is -0.140. The third-order valence-electron chi connectivity index (χ3n) is 5.36. The molecule has 0 bridgehead atoms. The topological polar surface area (TPSA) is 86.8 Å². The summed E-state index contributed by atoms with van der Waals surface area (Å²) in [6.45, 7) is 8.42. The summed E-state index contributed by atoms with van der Waals surface area (Å²) >= 11 is 0. The Kier molecular flexibility index (Phi) is 5.28. The third-order valence-corrected chi connectivity index (χ3v) is 5.36. The molecule has 7 heteroatoms. The highest BCUT2D eigenvalue weighted by Crippen LogP contribution is 2.25. The van der Waals surface area contributed by atoms with E-state index in [1.54, 1.807) is 31.2 Å². The molecule has 2 heterocycles. The van der Waals surface area contributed by atoms with Crippen molar-refractivity contribution in [2.24, 2.45) is 5.41 Å². The molecule has 1 aromatic rings. The fraction of sp³-hybridized carbons (Fsp3) is 0.524. The first kappa shape index (κ1) is 20.0. The van der Waals surface area contributed by atoms with Gasteiger partial charge in [-0.1, -0.05) is 32.9 Å². The van der Waals surface area contributed by atoms with Gasteiger partial charge in [-0.2, -0.15) is 0 Å². The first-order valence-electron chi connectivity index (χ1n) is 9.68. The van der Waals surface area contributed by atoms with Crippen molar-refractivity contribution >= 4 is 23.6 Å². The minimum Gasteiger partial charge on any atom is -0.351 e. The summed E-state index contributed by atoms with van der Waals surface area (Å²) < 4.78 is 0. The Balaban J connectivity index is 1.58. The van der Waals surface area contributed by atoms with Crippen molar-refractivity contribution < 1.29 is 19.2 Å². The van der Waals surface area contributed by atoms with Crippen molar-refractivity contribution in [3.05, 3.63) is 35.4 Å². The number of carbonyl (C=O) groups is 4. The smallest absolute Gasteiger partial charge is 0.262 e. The Morgan fingerprint density at radius 1 is 1.04 bits per heavy atom. The van der Waals surface area contributed by atoms with Crippen LogP contribution in [0.3, 0.4) is 0 Å². The van der Waals surface area contributed by atoms with Crippen LogP contribution in [0.5, 0.6) is 0 Å². The molecule has 3 rings (SSSR count). The average Bonchev–Trinajstić information content (AvgIpc) is 2.91. The molecule has 7 nitrogen and oxygen atoms in total. The van der Waals surface area contributed by atoms with Crippen LogP contribution in [-0.2, 0) is 9.59 Å². The molecule has 4 amide bonds. The predicted octanol–water partition coefficient (Wildman–Crippen LogP) is 1.82. The van der Waals surface area contributed by atoms with Crippen LogP contribution in [0.1, 0.15) is 61.3 Å². The van der Waals surface area contributed by atoms with E-state index >= 15 is 0 Å². The minimum absolute atomic E-state index is 0.0749. The number of rotatable bonds is 3. The van der Waals surface area contributed by atoms with Crippen LogP contribution in [0.25, 0.3) is 0 Å². The van der Waals surface area contributed by atoms with Crippen molar-refractivity contribution in [3.8, 4) is 0 Å². The molecule has 0 spiro atoms. The van der Waals surface area contributed by atoms with E-state index in [0.29, 0.717) is 37.1 Å². The fourth-order valence-electron chi connectivity index (χ4n) is 3.70. The lowest BCUT2D eigenvalue weighted by atomic mass is 9.93. The molecule has 1 saturated heterocycles. The molecule has 2 aliphatic heterocycles. The van der Waals surface area contributed by atoms with Gasteiger partial charge in [0.1, 0.15) is 6.04 Å². The monoisotopic (exact) mass is 385 g/mol. The maximum atomic E-state index is 12.7. The van der Waals surface area contributed by atoms with E-state index in [-0.39, 0.29) is 17.9 Å². The Bertz CT molecular complexity index is 784. The molecule has 2 aliphatic rings. The van der Waals surface area contributed by atoms with E-state index in [1.165, 1.54) is 0 Å². The van der Waals surface area contributed by atoms with Gasteiger partial charge in [-0.25, -0.2) is 0 Å². The number of likely N-dealkylation sites (tertiary alicyclic amines) is 1. The number of carbonyl (C=O) groups excluding carboxylic acids is 4. The van der Waals surface area contributed by atoms with E-state index in [2.05, 4.69) is 5.32 Å². The molecule has 1 aromatic carbocycles. The van der Waals surface area contributed by atoms with Gasteiger partial charge in [0.2, 0.25) is 11.8 Å². The molecular formula is C21H27N3O4. The molecule has 0 aliphatic carbocycles. The van der Waals surface area contributed by atoms with Gasteiger partial charge in [0.15, 0.2) is 0 Å². The first-order chi connectivity index (χ1) is 13.1. The molecule has 1 N–H and O–H groups in total. The van der Waals surface area contributed by atoms with Gasteiger partial charge in [0.25, 0.3) is 11.8 Å². The minimum atomic E-state index is -0.887. The highest BCUT2D eigenvalue weighted by Gasteiger charge is 2.41. The molecule has 150 valence electrons. The summed E-state index contributed by atoms with van der Waals surface area (Å²) in [6, 6.07) is 5.64. The van der Waals surface area contributed by atoms with Gasteiger partial charge in [-0.15, -0.1) is 0 Å². The maximum Gasteiger partial charge on any atom is 0.262 e. The van der Waals surface area contributed by atoms with Crippen LogP contribution in [-0.4, -0.2) is 58.6 Å². The number of hydrogen-bond acceptors (Lipinski definition) is 4. The quantitative estimate of drug-likeness (QED) is 0.804. The Labute approximate surface area is 165 Å². The van der Waals surface area contributed by atoms with Crippen molar-refractivity contribution in [2.75, 3.05) is 13.1 Å². The molecule has 1 unspecified atom stereocenters. The Hall–Kier alpha value is -2.70. The number of piperidine rings is 1. The second kappa shape index (κ2) is 7.37. The number of nitrogens with one attached hydrogen (secondary N) is 1. The van der Waals surface area contributed by atoms with Crippen molar-refractivity contribution in [1.82, 2.24) is 15.1 Å². The summed E-state index contributed by atoms with van der Waals surface area (Å²) in [7, 11) is 0. The fourth-order valence-corrected chi connectivity index (χ4v) is 3.70. The van der Waals surface area contributed by atoms with E-state index in [0.717, 1.165) is 4.90 Å². The third kappa shape index (κ3) is 3.66. The number of imide groups is 1. The molecular weight excluding hydrogens is 358 g/mol. The highest BCUT2D eigenvalue weighted by atomic mass is 16.2. The van der Waals surface area contributed by atoms with Crippen LogP contribution in [0.15, 0.2) is 24.3 Å². The molecule has 28 heavy (non-hydrogen) atoms. The number of fused-ring (bicyclic) bond motifs is 1. The summed E-state index contributed by atoms with van der Waals surface area (Å²) in [6.07, 6.45) is 1.31.